The number of hydrogen-bond donors (Lipinski definition) is 1. The largest absolute Gasteiger partial charge is 0.476 e. The molecule has 0 amide bonds. The topological polar surface area (TPSA) is 85.5 Å². The molecule has 2 aromatic heterocycles. The molecule has 4 fully saturated rings. The quantitative estimate of drug-likeness (QED) is 0.323. The molecular formula is C26H26Cl2N2O4S. The smallest absolute Gasteiger partial charge is 0.355 e. The lowest BCUT2D eigenvalue weighted by Crippen LogP contribution is -2.46. The molecule has 184 valence electrons. The second kappa shape index (κ2) is 8.87. The van der Waals surface area contributed by atoms with Crippen LogP contribution in [0.1, 0.15) is 84.1 Å². The Bertz CT molecular complexity index is 1240. The minimum Gasteiger partial charge on any atom is -0.476 e. The fourth-order valence-corrected chi connectivity index (χ4v) is 7.49. The summed E-state index contributed by atoms with van der Waals surface area (Å²) in [5.41, 5.74) is 2.70. The van der Waals surface area contributed by atoms with Crippen molar-refractivity contribution in [1.82, 2.24) is 10.1 Å². The van der Waals surface area contributed by atoms with Crippen molar-refractivity contribution in [3.63, 3.8) is 0 Å². The predicted octanol–water partition coefficient (Wildman–Crippen LogP) is 7.49. The van der Waals surface area contributed by atoms with Crippen molar-refractivity contribution >= 4 is 40.5 Å². The summed E-state index contributed by atoms with van der Waals surface area (Å²) in [6, 6.07) is 5.46. The standard InChI is InChI=1S/C26H26Cl2N2O4S/c27-17-2-1-3-18(28)20(17)21-16(22(34-30-21)15-4-5-15)12-33-14-25-6-9-26(10-7-25,11-8-25)24-29-19(13-35-24)23(31)32/h1-3,13,15H,4-12,14H2,(H,31,32). The summed E-state index contributed by atoms with van der Waals surface area (Å²) in [7, 11) is 0. The number of carboxylic acids is 1. The molecule has 0 radical (unpaired) electrons. The van der Waals surface area contributed by atoms with Gasteiger partial charge in [-0.15, -0.1) is 11.3 Å². The van der Waals surface area contributed by atoms with Crippen LogP contribution in [-0.2, 0) is 16.8 Å². The highest BCUT2D eigenvalue weighted by atomic mass is 35.5. The van der Waals surface area contributed by atoms with Gasteiger partial charge in [-0.25, -0.2) is 9.78 Å². The van der Waals surface area contributed by atoms with Crippen LogP contribution in [0.15, 0.2) is 28.1 Å². The van der Waals surface area contributed by atoms with Gasteiger partial charge in [0.1, 0.15) is 11.5 Å². The van der Waals surface area contributed by atoms with Crippen molar-refractivity contribution in [2.75, 3.05) is 6.61 Å². The first-order chi connectivity index (χ1) is 16.9. The summed E-state index contributed by atoms with van der Waals surface area (Å²) in [4.78, 5) is 15.7. The van der Waals surface area contributed by atoms with Gasteiger partial charge < -0.3 is 14.4 Å². The summed E-state index contributed by atoms with van der Waals surface area (Å²) in [5.74, 6) is 0.348. The number of nitrogens with zero attached hydrogens (tertiary/aromatic N) is 2. The van der Waals surface area contributed by atoms with E-state index in [1.807, 2.05) is 18.2 Å². The van der Waals surface area contributed by atoms with Gasteiger partial charge in [0.25, 0.3) is 0 Å². The van der Waals surface area contributed by atoms with Crippen LogP contribution in [-0.4, -0.2) is 27.8 Å². The van der Waals surface area contributed by atoms with Gasteiger partial charge in [-0.05, 0) is 68.9 Å². The Labute approximate surface area is 217 Å². The number of carboxylic acid groups (broad SMARTS) is 1. The zero-order chi connectivity index (χ0) is 24.2. The first-order valence-corrected chi connectivity index (χ1v) is 13.7. The lowest BCUT2D eigenvalue weighted by Gasteiger charge is -2.52. The van der Waals surface area contributed by atoms with E-state index in [-0.39, 0.29) is 16.5 Å². The first kappa shape index (κ1) is 23.5. The molecule has 4 aliphatic rings. The second-order valence-electron chi connectivity index (χ2n) is 10.4. The maximum atomic E-state index is 11.3. The van der Waals surface area contributed by atoms with Crippen LogP contribution in [0.25, 0.3) is 11.3 Å². The summed E-state index contributed by atoms with van der Waals surface area (Å²) in [6.07, 6.45) is 8.50. The van der Waals surface area contributed by atoms with E-state index in [9.17, 15) is 9.90 Å². The van der Waals surface area contributed by atoms with Gasteiger partial charge >= 0.3 is 5.97 Å². The summed E-state index contributed by atoms with van der Waals surface area (Å²) >= 11 is 14.5. The van der Waals surface area contributed by atoms with Gasteiger partial charge in [0.05, 0.1) is 28.3 Å². The van der Waals surface area contributed by atoms with Crippen molar-refractivity contribution in [2.45, 2.75) is 69.3 Å². The zero-order valence-corrected chi connectivity index (χ0v) is 21.5. The second-order valence-corrected chi connectivity index (χ2v) is 12.0. The molecule has 6 nitrogen and oxygen atoms in total. The van der Waals surface area contributed by atoms with Gasteiger partial charge in [0.2, 0.25) is 0 Å². The minimum absolute atomic E-state index is 0.0295. The number of rotatable bonds is 8. The molecule has 1 N–H and O–H groups in total. The summed E-state index contributed by atoms with van der Waals surface area (Å²) in [6.45, 7) is 1.11. The number of hydrogen-bond acceptors (Lipinski definition) is 6. The lowest BCUT2D eigenvalue weighted by molar-refractivity contribution is -0.0434. The summed E-state index contributed by atoms with van der Waals surface area (Å²) < 4.78 is 12.2. The number of carbonyl (C=O) groups is 1. The third-order valence-corrected chi connectivity index (χ3v) is 9.92. The Balaban J connectivity index is 1.16. The zero-order valence-electron chi connectivity index (χ0n) is 19.2. The van der Waals surface area contributed by atoms with Crippen molar-refractivity contribution in [2.24, 2.45) is 5.41 Å². The van der Waals surface area contributed by atoms with Gasteiger partial charge in [-0.3, -0.25) is 0 Å². The van der Waals surface area contributed by atoms with Crippen molar-refractivity contribution < 1.29 is 19.2 Å². The maximum Gasteiger partial charge on any atom is 0.355 e. The number of ether oxygens (including phenoxy) is 1. The molecule has 1 aromatic carbocycles. The van der Waals surface area contributed by atoms with E-state index in [4.69, 9.17) is 32.5 Å². The van der Waals surface area contributed by atoms with Crippen LogP contribution in [0.2, 0.25) is 10.0 Å². The Morgan fingerprint density at radius 1 is 1.14 bits per heavy atom. The molecule has 7 rings (SSSR count). The van der Waals surface area contributed by atoms with Gasteiger partial charge in [0.15, 0.2) is 5.69 Å². The maximum absolute atomic E-state index is 11.3. The number of halogens is 2. The van der Waals surface area contributed by atoms with Crippen LogP contribution in [0.3, 0.4) is 0 Å². The van der Waals surface area contributed by atoms with E-state index in [1.54, 1.807) is 5.38 Å². The predicted molar refractivity (Wildman–Crippen MR) is 134 cm³/mol. The molecule has 0 spiro atoms. The number of fused-ring (bicyclic) bond motifs is 3. The number of thiazole rings is 1. The van der Waals surface area contributed by atoms with Gasteiger partial charge in [0, 0.05) is 27.8 Å². The van der Waals surface area contributed by atoms with Crippen LogP contribution in [0.5, 0.6) is 0 Å². The molecule has 35 heavy (non-hydrogen) atoms. The van der Waals surface area contributed by atoms with Crippen molar-refractivity contribution in [3.05, 3.63) is 55.6 Å². The fraction of sp³-hybridized carbons (Fsp3) is 0.500. The highest BCUT2D eigenvalue weighted by Gasteiger charge is 2.51. The average Bonchev–Trinajstić information content (AvgIpc) is 3.41. The van der Waals surface area contributed by atoms with E-state index < -0.39 is 5.97 Å². The van der Waals surface area contributed by atoms with Crippen LogP contribution in [0, 0.1) is 5.41 Å². The molecule has 4 aliphatic carbocycles. The average molecular weight is 533 g/mol. The van der Waals surface area contributed by atoms with E-state index in [1.165, 1.54) is 11.3 Å². The van der Waals surface area contributed by atoms with E-state index in [2.05, 4.69) is 10.1 Å². The van der Waals surface area contributed by atoms with Crippen LogP contribution >= 0.6 is 34.5 Å². The monoisotopic (exact) mass is 532 g/mol. The molecule has 0 saturated heterocycles. The van der Waals surface area contributed by atoms with Gasteiger partial charge in [-0.1, -0.05) is 34.4 Å². The fourth-order valence-electron chi connectivity index (χ4n) is 5.83. The third kappa shape index (κ3) is 4.20. The van der Waals surface area contributed by atoms with Crippen molar-refractivity contribution in [3.8, 4) is 11.3 Å². The highest BCUT2D eigenvalue weighted by molar-refractivity contribution is 7.10. The number of aromatic nitrogens is 2. The Morgan fingerprint density at radius 3 is 2.43 bits per heavy atom. The first-order valence-electron chi connectivity index (χ1n) is 12.1. The SMILES string of the molecule is O=C(O)c1csc(C23CCC(COCc4c(-c5c(Cl)cccc5Cl)noc4C4CC4)(CC2)CC3)n1. The molecule has 3 aromatic rings. The van der Waals surface area contributed by atoms with Crippen LogP contribution in [0.4, 0.5) is 0 Å². The Kier molecular flexibility index (Phi) is 5.95. The molecule has 0 unspecified atom stereocenters. The third-order valence-electron chi connectivity index (χ3n) is 8.20. The normalized spacial score (nSPS) is 25.8. The molecule has 0 aliphatic heterocycles. The molecule has 2 heterocycles. The van der Waals surface area contributed by atoms with E-state index in [0.717, 1.165) is 67.7 Å². The number of aromatic carboxylic acids is 1. The highest BCUT2D eigenvalue weighted by Crippen LogP contribution is 2.58. The molecule has 2 bridgehead atoms. The Hall–Kier alpha value is -1.93. The molecule has 0 atom stereocenters. The molecular weight excluding hydrogens is 507 g/mol. The molecule has 9 heteroatoms. The van der Waals surface area contributed by atoms with Gasteiger partial charge in [-0.2, -0.15) is 0 Å². The van der Waals surface area contributed by atoms with E-state index in [0.29, 0.717) is 40.4 Å². The van der Waals surface area contributed by atoms with Crippen molar-refractivity contribution in [1.29, 1.82) is 0 Å². The lowest BCUT2D eigenvalue weighted by atomic mass is 9.54. The summed E-state index contributed by atoms with van der Waals surface area (Å²) in [5, 5.41) is 17.4. The minimum atomic E-state index is -0.949. The Morgan fingerprint density at radius 2 is 1.83 bits per heavy atom. The van der Waals surface area contributed by atoms with Crippen LogP contribution < -0.4 is 0 Å². The molecule has 4 saturated carbocycles. The van der Waals surface area contributed by atoms with E-state index >= 15 is 0 Å². The number of benzene rings is 1.